The molecule has 76 valence electrons. The smallest absolute Gasteiger partial charge is 0.144 e. The van der Waals surface area contributed by atoms with Crippen LogP contribution in [0.25, 0.3) is 0 Å². The molecule has 0 bridgehead atoms. The van der Waals surface area contributed by atoms with Gasteiger partial charge in [0.25, 0.3) is 0 Å². The average molecular weight is 192 g/mol. The van der Waals surface area contributed by atoms with Gasteiger partial charge in [0.15, 0.2) is 0 Å². The van der Waals surface area contributed by atoms with Crippen LogP contribution in [0.2, 0.25) is 0 Å². The Morgan fingerprint density at radius 3 is 2.79 bits per heavy atom. The highest BCUT2D eigenvalue weighted by Crippen LogP contribution is 2.29. The second-order valence-corrected chi connectivity index (χ2v) is 3.50. The van der Waals surface area contributed by atoms with Gasteiger partial charge in [-0.2, -0.15) is 0 Å². The summed E-state index contributed by atoms with van der Waals surface area (Å²) < 4.78 is 5.44. The van der Waals surface area contributed by atoms with E-state index in [1.54, 1.807) is 0 Å². The Kier molecular flexibility index (Phi) is 2.48. The van der Waals surface area contributed by atoms with Gasteiger partial charge >= 0.3 is 0 Å². The van der Waals surface area contributed by atoms with Crippen molar-refractivity contribution in [1.82, 2.24) is 0 Å². The molecule has 0 aromatic heterocycles. The van der Waals surface area contributed by atoms with Crippen LogP contribution in [0.15, 0.2) is 18.2 Å². The van der Waals surface area contributed by atoms with Gasteiger partial charge in [-0.05, 0) is 25.5 Å². The summed E-state index contributed by atoms with van der Waals surface area (Å²) in [6, 6.07) is 5.99. The van der Waals surface area contributed by atoms with Gasteiger partial charge in [0.1, 0.15) is 5.75 Å². The van der Waals surface area contributed by atoms with Gasteiger partial charge in [0.05, 0.1) is 12.3 Å². The number of benzene rings is 1. The van der Waals surface area contributed by atoms with Gasteiger partial charge in [-0.25, -0.2) is 0 Å². The number of nitrogens with two attached hydrogens (primary N) is 1. The van der Waals surface area contributed by atoms with E-state index in [1.165, 1.54) is 12.1 Å². The highest BCUT2D eigenvalue weighted by atomic mass is 16.5. The maximum absolute atomic E-state index is 5.79. The zero-order valence-corrected chi connectivity index (χ0v) is 8.49. The first kappa shape index (κ1) is 9.19. The third kappa shape index (κ3) is 1.62. The predicted molar refractivity (Wildman–Crippen MR) is 58.9 cm³/mol. The third-order valence-corrected chi connectivity index (χ3v) is 2.52. The molecule has 0 atom stereocenters. The summed E-state index contributed by atoms with van der Waals surface area (Å²) in [5.41, 5.74) is 7.73. The van der Waals surface area contributed by atoms with Crippen LogP contribution < -0.4 is 15.4 Å². The topological polar surface area (TPSA) is 38.5 Å². The highest BCUT2D eigenvalue weighted by Gasteiger charge is 2.15. The normalized spacial score (nSPS) is 15.1. The Morgan fingerprint density at radius 1 is 1.43 bits per heavy atom. The summed E-state index contributed by atoms with van der Waals surface area (Å²) >= 11 is 0. The molecule has 1 aromatic carbocycles. The van der Waals surface area contributed by atoms with E-state index in [4.69, 9.17) is 10.5 Å². The molecular weight excluding hydrogens is 176 g/mol. The van der Waals surface area contributed by atoms with E-state index < -0.39 is 0 Å². The van der Waals surface area contributed by atoms with Crippen molar-refractivity contribution in [2.24, 2.45) is 0 Å². The van der Waals surface area contributed by atoms with Crippen LogP contribution >= 0.6 is 0 Å². The number of hydrogen-bond acceptors (Lipinski definition) is 3. The summed E-state index contributed by atoms with van der Waals surface area (Å²) in [7, 11) is 0. The molecule has 0 spiro atoms. The van der Waals surface area contributed by atoms with Gasteiger partial charge in [0, 0.05) is 24.8 Å². The molecule has 1 aromatic rings. The van der Waals surface area contributed by atoms with Crippen LogP contribution in [-0.4, -0.2) is 19.7 Å². The van der Waals surface area contributed by atoms with Crippen molar-refractivity contribution in [3.8, 4) is 5.75 Å². The molecule has 0 aliphatic carbocycles. The molecule has 1 heterocycles. The lowest BCUT2D eigenvalue weighted by molar-refractivity contribution is 0.342. The maximum atomic E-state index is 5.79. The van der Waals surface area contributed by atoms with E-state index in [2.05, 4.69) is 11.0 Å². The minimum atomic E-state index is 0.660. The SMILES string of the molecule is CCOc1cc(N2CCC2)ccc1N. The van der Waals surface area contributed by atoms with Crippen molar-refractivity contribution in [2.75, 3.05) is 30.3 Å². The lowest BCUT2D eigenvalue weighted by Crippen LogP contribution is -2.36. The second kappa shape index (κ2) is 3.78. The predicted octanol–water partition coefficient (Wildman–Crippen LogP) is 1.88. The number of nitrogens with zero attached hydrogens (tertiary/aromatic N) is 1. The Labute approximate surface area is 84.5 Å². The summed E-state index contributed by atoms with van der Waals surface area (Å²) in [4.78, 5) is 2.32. The van der Waals surface area contributed by atoms with Crippen molar-refractivity contribution in [3.05, 3.63) is 18.2 Å². The molecule has 0 radical (unpaired) electrons. The molecule has 1 fully saturated rings. The van der Waals surface area contributed by atoms with Crippen LogP contribution in [0.3, 0.4) is 0 Å². The van der Waals surface area contributed by atoms with Gasteiger partial charge in [-0.15, -0.1) is 0 Å². The Bertz CT molecular complexity index is 321. The molecule has 1 saturated heterocycles. The monoisotopic (exact) mass is 192 g/mol. The third-order valence-electron chi connectivity index (χ3n) is 2.52. The van der Waals surface area contributed by atoms with Gasteiger partial charge in [-0.3, -0.25) is 0 Å². The highest BCUT2D eigenvalue weighted by molar-refractivity contribution is 5.62. The van der Waals surface area contributed by atoms with Gasteiger partial charge in [0.2, 0.25) is 0 Å². The average Bonchev–Trinajstić information content (AvgIpc) is 2.08. The van der Waals surface area contributed by atoms with Crippen molar-refractivity contribution >= 4 is 11.4 Å². The number of hydrogen-bond donors (Lipinski definition) is 1. The van der Waals surface area contributed by atoms with E-state index in [1.807, 2.05) is 19.1 Å². The second-order valence-electron chi connectivity index (χ2n) is 3.50. The van der Waals surface area contributed by atoms with E-state index in [-0.39, 0.29) is 0 Å². The summed E-state index contributed by atoms with van der Waals surface area (Å²) in [6.45, 7) is 4.92. The molecule has 3 nitrogen and oxygen atoms in total. The molecule has 1 aliphatic rings. The van der Waals surface area contributed by atoms with Crippen LogP contribution in [0.4, 0.5) is 11.4 Å². The summed E-state index contributed by atoms with van der Waals surface area (Å²) in [5, 5.41) is 0. The number of nitrogen functional groups attached to an aromatic ring is 1. The molecule has 0 unspecified atom stereocenters. The van der Waals surface area contributed by atoms with Gasteiger partial charge < -0.3 is 15.4 Å². The summed E-state index contributed by atoms with van der Waals surface area (Å²) in [6.07, 6.45) is 1.29. The molecule has 14 heavy (non-hydrogen) atoms. The minimum absolute atomic E-state index is 0.660. The van der Waals surface area contributed by atoms with Crippen molar-refractivity contribution in [1.29, 1.82) is 0 Å². The number of anilines is 2. The molecule has 0 saturated carbocycles. The molecule has 2 N–H and O–H groups in total. The first-order valence-corrected chi connectivity index (χ1v) is 5.08. The van der Waals surface area contributed by atoms with Crippen LogP contribution in [0.1, 0.15) is 13.3 Å². The Hall–Kier alpha value is -1.38. The fraction of sp³-hybridized carbons (Fsp3) is 0.455. The van der Waals surface area contributed by atoms with Crippen LogP contribution in [0.5, 0.6) is 5.75 Å². The van der Waals surface area contributed by atoms with Gasteiger partial charge in [-0.1, -0.05) is 0 Å². The quantitative estimate of drug-likeness (QED) is 0.743. The molecule has 2 rings (SSSR count). The fourth-order valence-corrected chi connectivity index (χ4v) is 1.57. The van der Waals surface area contributed by atoms with E-state index in [0.29, 0.717) is 6.61 Å². The first-order chi connectivity index (χ1) is 6.81. The molecule has 0 amide bonds. The molecule has 3 heteroatoms. The van der Waals surface area contributed by atoms with Crippen molar-refractivity contribution < 1.29 is 4.74 Å². The minimum Gasteiger partial charge on any atom is -0.492 e. The van der Waals surface area contributed by atoms with Crippen LogP contribution in [-0.2, 0) is 0 Å². The zero-order chi connectivity index (χ0) is 9.97. The standard InChI is InChI=1S/C11H16N2O/c1-2-14-11-8-9(4-5-10(11)12)13-6-3-7-13/h4-5,8H,2-3,6-7,12H2,1H3. The summed E-state index contributed by atoms with van der Waals surface area (Å²) in [5.74, 6) is 0.803. The van der Waals surface area contributed by atoms with Crippen molar-refractivity contribution in [3.63, 3.8) is 0 Å². The van der Waals surface area contributed by atoms with E-state index in [0.717, 1.165) is 24.5 Å². The van der Waals surface area contributed by atoms with Crippen LogP contribution in [0, 0.1) is 0 Å². The Balaban J connectivity index is 2.21. The zero-order valence-electron chi connectivity index (χ0n) is 8.49. The van der Waals surface area contributed by atoms with Crippen molar-refractivity contribution in [2.45, 2.75) is 13.3 Å². The number of ether oxygens (including phenoxy) is 1. The lowest BCUT2D eigenvalue weighted by Gasteiger charge is -2.33. The van der Waals surface area contributed by atoms with E-state index >= 15 is 0 Å². The lowest BCUT2D eigenvalue weighted by atomic mass is 10.1. The Morgan fingerprint density at radius 2 is 2.21 bits per heavy atom. The largest absolute Gasteiger partial charge is 0.492 e. The molecule has 1 aliphatic heterocycles. The van der Waals surface area contributed by atoms with E-state index in [9.17, 15) is 0 Å². The molecular formula is C11H16N2O. The fourth-order valence-electron chi connectivity index (χ4n) is 1.57. The first-order valence-electron chi connectivity index (χ1n) is 5.08. The maximum Gasteiger partial charge on any atom is 0.144 e. The number of rotatable bonds is 3.